The van der Waals surface area contributed by atoms with E-state index in [4.69, 9.17) is 9.84 Å². The number of aromatic nitrogens is 1. The number of pyridine rings is 1. The van der Waals surface area contributed by atoms with Crippen LogP contribution in [-0.4, -0.2) is 42.4 Å². The molecule has 1 aliphatic heterocycles. The van der Waals surface area contributed by atoms with Gasteiger partial charge in [0, 0.05) is 24.9 Å². The Morgan fingerprint density at radius 3 is 2.72 bits per heavy atom. The highest BCUT2D eigenvalue weighted by atomic mass is 16.5. The van der Waals surface area contributed by atoms with Crippen molar-refractivity contribution in [3.63, 3.8) is 0 Å². The summed E-state index contributed by atoms with van der Waals surface area (Å²) in [6.07, 6.45) is 3.30. The van der Waals surface area contributed by atoms with Crippen molar-refractivity contribution in [2.45, 2.75) is 6.92 Å². The van der Waals surface area contributed by atoms with Crippen LogP contribution in [0.4, 0.5) is 5.82 Å². The maximum Gasteiger partial charge on any atom is 0.331 e. The highest BCUT2D eigenvalue weighted by Crippen LogP contribution is 2.14. The van der Waals surface area contributed by atoms with Crippen molar-refractivity contribution in [3.8, 4) is 0 Å². The van der Waals surface area contributed by atoms with Crippen molar-refractivity contribution in [2.75, 3.05) is 31.2 Å². The molecule has 1 saturated heterocycles. The molecule has 5 heteroatoms. The minimum absolute atomic E-state index is 0.302. The van der Waals surface area contributed by atoms with Gasteiger partial charge in [-0.15, -0.1) is 0 Å². The fourth-order valence-corrected chi connectivity index (χ4v) is 1.77. The summed E-state index contributed by atoms with van der Waals surface area (Å²) in [6, 6.07) is 3.79. The van der Waals surface area contributed by atoms with Crippen LogP contribution >= 0.6 is 0 Å². The third-order valence-corrected chi connectivity index (χ3v) is 2.83. The molecule has 0 aromatic carbocycles. The summed E-state index contributed by atoms with van der Waals surface area (Å²) in [7, 11) is 0. The van der Waals surface area contributed by atoms with Crippen LogP contribution in [0.2, 0.25) is 0 Å². The largest absolute Gasteiger partial charge is 0.478 e. The second-order valence-electron chi connectivity index (χ2n) is 4.18. The zero-order valence-corrected chi connectivity index (χ0v) is 10.3. The Morgan fingerprint density at radius 1 is 1.44 bits per heavy atom. The SMILES string of the molecule is C/C(=C\c1ccc(N2CCOCC2)nc1)C(=O)O. The van der Waals surface area contributed by atoms with Gasteiger partial charge in [-0.1, -0.05) is 0 Å². The van der Waals surface area contributed by atoms with E-state index in [2.05, 4.69) is 9.88 Å². The molecule has 96 valence electrons. The summed E-state index contributed by atoms with van der Waals surface area (Å²) in [5, 5.41) is 8.79. The molecule has 0 radical (unpaired) electrons. The number of nitrogens with zero attached hydrogens (tertiary/aromatic N) is 2. The highest BCUT2D eigenvalue weighted by molar-refractivity contribution is 5.91. The van der Waals surface area contributed by atoms with Crippen molar-refractivity contribution >= 4 is 17.9 Å². The molecular formula is C13H16N2O3. The van der Waals surface area contributed by atoms with Crippen LogP contribution < -0.4 is 4.90 Å². The van der Waals surface area contributed by atoms with Gasteiger partial charge in [-0.25, -0.2) is 9.78 Å². The summed E-state index contributed by atoms with van der Waals surface area (Å²) < 4.78 is 5.28. The molecule has 1 aromatic rings. The number of rotatable bonds is 3. The molecule has 0 bridgehead atoms. The van der Waals surface area contributed by atoms with Crippen molar-refractivity contribution < 1.29 is 14.6 Å². The predicted octanol–water partition coefficient (Wildman–Crippen LogP) is 1.41. The molecule has 0 amide bonds. The van der Waals surface area contributed by atoms with Crippen LogP contribution in [0, 0.1) is 0 Å². The second kappa shape index (κ2) is 5.64. The van der Waals surface area contributed by atoms with Crippen molar-refractivity contribution in [2.24, 2.45) is 0 Å². The topological polar surface area (TPSA) is 62.7 Å². The van der Waals surface area contributed by atoms with Gasteiger partial charge in [-0.2, -0.15) is 0 Å². The first-order valence-corrected chi connectivity index (χ1v) is 5.87. The van der Waals surface area contributed by atoms with Gasteiger partial charge in [-0.3, -0.25) is 0 Å². The average molecular weight is 248 g/mol. The van der Waals surface area contributed by atoms with Crippen LogP contribution in [0.1, 0.15) is 12.5 Å². The van der Waals surface area contributed by atoms with Gasteiger partial charge in [0.2, 0.25) is 0 Å². The van der Waals surface area contributed by atoms with E-state index in [1.807, 2.05) is 12.1 Å². The first kappa shape index (κ1) is 12.6. The number of carboxylic acids is 1. The van der Waals surface area contributed by atoms with Crippen molar-refractivity contribution in [3.05, 3.63) is 29.5 Å². The zero-order chi connectivity index (χ0) is 13.0. The van der Waals surface area contributed by atoms with Crippen LogP contribution in [0.3, 0.4) is 0 Å². The second-order valence-corrected chi connectivity index (χ2v) is 4.18. The molecule has 0 aliphatic carbocycles. The lowest BCUT2D eigenvalue weighted by Gasteiger charge is -2.27. The molecule has 18 heavy (non-hydrogen) atoms. The molecule has 0 spiro atoms. The van der Waals surface area contributed by atoms with Gasteiger partial charge in [0.1, 0.15) is 5.82 Å². The molecule has 1 aromatic heterocycles. The summed E-state index contributed by atoms with van der Waals surface area (Å²) in [4.78, 5) is 17.2. The first-order valence-electron chi connectivity index (χ1n) is 5.87. The Balaban J connectivity index is 2.09. The van der Waals surface area contributed by atoms with E-state index in [0.29, 0.717) is 5.57 Å². The fourth-order valence-electron chi connectivity index (χ4n) is 1.77. The minimum atomic E-state index is -0.910. The number of ether oxygens (including phenoxy) is 1. The van der Waals surface area contributed by atoms with Crippen molar-refractivity contribution in [1.29, 1.82) is 0 Å². The number of anilines is 1. The predicted molar refractivity (Wildman–Crippen MR) is 68.6 cm³/mol. The van der Waals surface area contributed by atoms with E-state index in [0.717, 1.165) is 37.7 Å². The van der Waals surface area contributed by atoms with Gasteiger partial charge in [0.15, 0.2) is 0 Å². The zero-order valence-electron chi connectivity index (χ0n) is 10.3. The third kappa shape index (κ3) is 3.07. The summed E-state index contributed by atoms with van der Waals surface area (Å²) in [5.41, 5.74) is 1.10. The smallest absolute Gasteiger partial charge is 0.331 e. The fraction of sp³-hybridized carbons (Fsp3) is 0.385. The van der Waals surface area contributed by atoms with Gasteiger partial charge < -0.3 is 14.7 Å². The third-order valence-electron chi connectivity index (χ3n) is 2.83. The lowest BCUT2D eigenvalue weighted by Crippen LogP contribution is -2.36. The first-order chi connectivity index (χ1) is 8.66. The number of hydrogen-bond donors (Lipinski definition) is 1. The summed E-state index contributed by atoms with van der Waals surface area (Å²) in [5.74, 6) is -0.00400. The van der Waals surface area contributed by atoms with Gasteiger partial charge in [0.25, 0.3) is 0 Å². The Hall–Kier alpha value is -1.88. The minimum Gasteiger partial charge on any atom is -0.478 e. The van der Waals surface area contributed by atoms with Crippen LogP contribution in [0.25, 0.3) is 6.08 Å². The maximum absolute atomic E-state index is 10.7. The molecular weight excluding hydrogens is 232 g/mol. The van der Waals surface area contributed by atoms with E-state index < -0.39 is 5.97 Å². The van der Waals surface area contributed by atoms with Crippen molar-refractivity contribution in [1.82, 2.24) is 4.98 Å². The standard InChI is InChI=1S/C13H16N2O3/c1-10(13(16)17)8-11-2-3-12(14-9-11)15-4-6-18-7-5-15/h2-3,8-9H,4-7H2,1H3,(H,16,17)/b10-8+. The molecule has 1 fully saturated rings. The molecule has 2 rings (SSSR count). The number of hydrogen-bond acceptors (Lipinski definition) is 4. The normalized spacial score (nSPS) is 16.7. The average Bonchev–Trinajstić information content (AvgIpc) is 2.40. The number of carbonyl (C=O) groups is 1. The Morgan fingerprint density at radius 2 is 2.17 bits per heavy atom. The van der Waals surface area contributed by atoms with E-state index >= 15 is 0 Å². The molecule has 1 aliphatic rings. The molecule has 2 heterocycles. The number of morpholine rings is 1. The maximum atomic E-state index is 10.7. The van der Waals surface area contributed by atoms with Crippen LogP contribution in [-0.2, 0) is 9.53 Å². The van der Waals surface area contributed by atoms with Crippen LogP contribution in [0.15, 0.2) is 23.9 Å². The van der Waals surface area contributed by atoms with E-state index in [-0.39, 0.29) is 0 Å². The Kier molecular flexibility index (Phi) is 3.94. The molecule has 5 nitrogen and oxygen atoms in total. The highest BCUT2D eigenvalue weighted by Gasteiger charge is 2.11. The molecule has 0 saturated carbocycles. The number of aliphatic carboxylic acids is 1. The quantitative estimate of drug-likeness (QED) is 0.819. The molecule has 0 unspecified atom stereocenters. The Bertz CT molecular complexity index is 448. The van der Waals surface area contributed by atoms with E-state index in [9.17, 15) is 4.79 Å². The van der Waals surface area contributed by atoms with E-state index in [1.54, 1.807) is 19.2 Å². The number of carboxylic acid groups (broad SMARTS) is 1. The summed E-state index contributed by atoms with van der Waals surface area (Å²) in [6.45, 7) is 4.70. The summed E-state index contributed by atoms with van der Waals surface area (Å²) >= 11 is 0. The van der Waals surface area contributed by atoms with Crippen LogP contribution in [0.5, 0.6) is 0 Å². The van der Waals surface area contributed by atoms with Gasteiger partial charge >= 0.3 is 5.97 Å². The van der Waals surface area contributed by atoms with E-state index in [1.165, 1.54) is 0 Å². The lowest BCUT2D eigenvalue weighted by molar-refractivity contribution is -0.132. The lowest BCUT2D eigenvalue weighted by atomic mass is 10.2. The molecule has 1 N–H and O–H groups in total. The van der Waals surface area contributed by atoms with Gasteiger partial charge in [0.05, 0.1) is 13.2 Å². The molecule has 0 atom stereocenters. The Labute approximate surface area is 106 Å². The van der Waals surface area contributed by atoms with Gasteiger partial charge in [-0.05, 0) is 30.7 Å². The monoisotopic (exact) mass is 248 g/mol.